The van der Waals surface area contributed by atoms with Crippen LogP contribution in [0.5, 0.6) is 0 Å². The lowest BCUT2D eigenvalue weighted by Crippen LogP contribution is -2.51. The molecule has 2 amide bonds. The van der Waals surface area contributed by atoms with Crippen LogP contribution >= 0.6 is 0 Å². The van der Waals surface area contributed by atoms with Crippen molar-refractivity contribution in [1.29, 1.82) is 0 Å². The van der Waals surface area contributed by atoms with Crippen molar-refractivity contribution in [2.45, 2.75) is 38.8 Å². The van der Waals surface area contributed by atoms with Crippen LogP contribution in [0.4, 0.5) is 0 Å². The number of carbonyl (C=O) groups excluding carboxylic acids is 2. The summed E-state index contributed by atoms with van der Waals surface area (Å²) in [6, 6.07) is -0.280. The van der Waals surface area contributed by atoms with Crippen molar-refractivity contribution in [2.24, 2.45) is 5.92 Å². The van der Waals surface area contributed by atoms with Gasteiger partial charge in [-0.3, -0.25) is 9.59 Å². The van der Waals surface area contributed by atoms with Gasteiger partial charge in [0.1, 0.15) is 6.04 Å². The van der Waals surface area contributed by atoms with Gasteiger partial charge in [-0.15, -0.1) is 0 Å². The van der Waals surface area contributed by atoms with Crippen LogP contribution in [0.1, 0.15) is 26.7 Å². The fourth-order valence-electron chi connectivity index (χ4n) is 2.00. The van der Waals surface area contributed by atoms with E-state index in [4.69, 9.17) is 0 Å². The number of likely N-dealkylation sites (N-methyl/N-ethyl adjacent to an activating group) is 1. The number of rotatable bonds is 3. The van der Waals surface area contributed by atoms with Crippen LogP contribution in [0.25, 0.3) is 0 Å². The topological polar surface area (TPSA) is 70.2 Å². The third kappa shape index (κ3) is 3.20. The lowest BCUT2D eigenvalue weighted by Gasteiger charge is -2.29. The molecule has 3 atom stereocenters. The van der Waals surface area contributed by atoms with Crippen LogP contribution in [0.15, 0.2) is 0 Å². The lowest BCUT2D eigenvalue weighted by atomic mass is 9.91. The molecule has 0 aliphatic carbocycles. The highest BCUT2D eigenvalue weighted by Crippen LogP contribution is 2.16. The molecule has 0 aromatic rings. The second kappa shape index (κ2) is 5.84. The summed E-state index contributed by atoms with van der Waals surface area (Å²) in [6.45, 7) is 4.67. The second-order valence-corrected chi connectivity index (χ2v) is 4.34. The monoisotopic (exact) mass is 227 g/mol. The first-order chi connectivity index (χ1) is 7.56. The van der Waals surface area contributed by atoms with Crippen molar-refractivity contribution in [3.8, 4) is 0 Å². The van der Waals surface area contributed by atoms with E-state index in [1.165, 1.54) is 0 Å². The first-order valence-corrected chi connectivity index (χ1v) is 5.81. The van der Waals surface area contributed by atoms with E-state index in [9.17, 15) is 9.59 Å². The van der Waals surface area contributed by atoms with Crippen molar-refractivity contribution in [1.82, 2.24) is 16.0 Å². The van der Waals surface area contributed by atoms with Crippen LogP contribution in [0.3, 0.4) is 0 Å². The molecule has 0 spiro atoms. The maximum atomic E-state index is 11.9. The van der Waals surface area contributed by atoms with Gasteiger partial charge in [-0.25, -0.2) is 0 Å². The number of amides is 2. The normalized spacial score (nSPS) is 26.9. The van der Waals surface area contributed by atoms with E-state index >= 15 is 0 Å². The van der Waals surface area contributed by atoms with Crippen LogP contribution < -0.4 is 16.0 Å². The molecule has 1 fully saturated rings. The average Bonchev–Trinajstić information content (AvgIpc) is 2.28. The van der Waals surface area contributed by atoms with Gasteiger partial charge in [-0.1, -0.05) is 0 Å². The summed E-state index contributed by atoms with van der Waals surface area (Å²) in [5, 5.41) is 8.52. The molecule has 3 N–H and O–H groups in total. The Hall–Kier alpha value is -1.10. The molecule has 16 heavy (non-hydrogen) atoms. The quantitative estimate of drug-likeness (QED) is 0.616. The fourth-order valence-corrected chi connectivity index (χ4v) is 2.00. The zero-order valence-electron chi connectivity index (χ0n) is 10.2. The van der Waals surface area contributed by atoms with Crippen molar-refractivity contribution in [3.05, 3.63) is 0 Å². The van der Waals surface area contributed by atoms with E-state index in [0.29, 0.717) is 0 Å². The van der Waals surface area contributed by atoms with E-state index in [2.05, 4.69) is 16.0 Å². The molecule has 92 valence electrons. The molecule has 1 rings (SSSR count). The molecule has 5 heteroatoms. The van der Waals surface area contributed by atoms with E-state index in [-0.39, 0.29) is 23.8 Å². The van der Waals surface area contributed by atoms with Gasteiger partial charge < -0.3 is 16.0 Å². The van der Waals surface area contributed by atoms with E-state index in [1.54, 1.807) is 14.0 Å². The highest BCUT2D eigenvalue weighted by molar-refractivity contribution is 5.88. The van der Waals surface area contributed by atoms with E-state index < -0.39 is 6.04 Å². The molecule has 5 nitrogen and oxygen atoms in total. The number of piperidine rings is 1. The Labute approximate surface area is 96.4 Å². The molecular weight excluding hydrogens is 206 g/mol. The highest BCUT2D eigenvalue weighted by Gasteiger charge is 2.28. The molecule has 1 aliphatic heterocycles. The van der Waals surface area contributed by atoms with Crippen molar-refractivity contribution < 1.29 is 9.59 Å². The smallest absolute Gasteiger partial charge is 0.242 e. The largest absolute Gasteiger partial charge is 0.357 e. The standard InChI is InChI=1S/C11H21N3O2/c1-7-9(5-4-6-13-7)11(16)14-8(2)10(15)12-3/h7-9,13H,4-6H2,1-3H3,(H,12,15)(H,14,16). The number of carbonyl (C=O) groups is 2. The minimum absolute atomic E-state index is 0.0270. The van der Waals surface area contributed by atoms with Gasteiger partial charge in [0, 0.05) is 13.1 Å². The molecule has 1 aliphatic rings. The van der Waals surface area contributed by atoms with Crippen molar-refractivity contribution in [3.63, 3.8) is 0 Å². The van der Waals surface area contributed by atoms with Crippen LogP contribution in [0, 0.1) is 5.92 Å². The molecule has 0 aromatic carbocycles. The number of hydrogen-bond acceptors (Lipinski definition) is 3. The molecule has 3 unspecified atom stereocenters. The van der Waals surface area contributed by atoms with Crippen LogP contribution in [-0.4, -0.2) is 37.5 Å². The average molecular weight is 227 g/mol. The predicted octanol–water partition coefficient (Wildman–Crippen LogP) is -0.375. The molecule has 1 saturated heterocycles. The van der Waals surface area contributed by atoms with Gasteiger partial charge in [0.2, 0.25) is 11.8 Å². The lowest BCUT2D eigenvalue weighted by molar-refractivity contribution is -0.131. The third-order valence-electron chi connectivity index (χ3n) is 3.10. The third-order valence-corrected chi connectivity index (χ3v) is 3.10. The fraction of sp³-hybridized carbons (Fsp3) is 0.818. The highest BCUT2D eigenvalue weighted by atomic mass is 16.2. The molecular formula is C11H21N3O2. The Bertz CT molecular complexity index is 268. The summed E-state index contributed by atoms with van der Waals surface area (Å²) in [5.41, 5.74) is 0. The summed E-state index contributed by atoms with van der Waals surface area (Å²) >= 11 is 0. The van der Waals surface area contributed by atoms with Gasteiger partial charge in [0.15, 0.2) is 0 Å². The molecule has 0 bridgehead atoms. The van der Waals surface area contributed by atoms with Crippen molar-refractivity contribution >= 4 is 11.8 Å². The zero-order chi connectivity index (χ0) is 12.1. The molecule has 0 saturated carbocycles. The van der Waals surface area contributed by atoms with Crippen LogP contribution in [-0.2, 0) is 9.59 Å². The molecule has 1 heterocycles. The minimum atomic E-state index is -0.466. The predicted molar refractivity (Wildman–Crippen MR) is 61.9 cm³/mol. The van der Waals surface area contributed by atoms with E-state index in [1.807, 2.05) is 6.92 Å². The number of nitrogens with one attached hydrogen (secondary N) is 3. The summed E-state index contributed by atoms with van der Waals surface area (Å²) in [7, 11) is 1.57. The van der Waals surface area contributed by atoms with Gasteiger partial charge in [0.05, 0.1) is 5.92 Å². The van der Waals surface area contributed by atoms with Gasteiger partial charge >= 0.3 is 0 Å². The Morgan fingerprint density at radius 2 is 2.12 bits per heavy atom. The van der Waals surface area contributed by atoms with Crippen LogP contribution in [0.2, 0.25) is 0 Å². The SMILES string of the molecule is CNC(=O)C(C)NC(=O)C1CCCNC1C. The summed E-state index contributed by atoms with van der Waals surface area (Å²) in [4.78, 5) is 23.2. The first kappa shape index (κ1) is 13.0. The Morgan fingerprint density at radius 3 is 2.69 bits per heavy atom. The van der Waals surface area contributed by atoms with Gasteiger partial charge in [-0.05, 0) is 33.2 Å². The van der Waals surface area contributed by atoms with Gasteiger partial charge in [-0.2, -0.15) is 0 Å². The molecule has 0 radical (unpaired) electrons. The summed E-state index contributed by atoms with van der Waals surface area (Å²) < 4.78 is 0. The Balaban J connectivity index is 2.47. The van der Waals surface area contributed by atoms with Crippen molar-refractivity contribution in [2.75, 3.05) is 13.6 Å². The van der Waals surface area contributed by atoms with E-state index in [0.717, 1.165) is 19.4 Å². The first-order valence-electron chi connectivity index (χ1n) is 5.81. The number of hydrogen-bond donors (Lipinski definition) is 3. The Morgan fingerprint density at radius 1 is 1.44 bits per heavy atom. The maximum Gasteiger partial charge on any atom is 0.242 e. The summed E-state index contributed by atoms with van der Waals surface area (Å²) in [6.07, 6.45) is 1.90. The molecule has 0 aromatic heterocycles. The Kier molecular flexibility index (Phi) is 4.73. The zero-order valence-corrected chi connectivity index (χ0v) is 10.2. The minimum Gasteiger partial charge on any atom is -0.357 e. The maximum absolute atomic E-state index is 11.9. The van der Waals surface area contributed by atoms with Gasteiger partial charge in [0.25, 0.3) is 0 Å². The summed E-state index contributed by atoms with van der Waals surface area (Å²) in [5.74, 6) is -0.221. The second-order valence-electron chi connectivity index (χ2n) is 4.34.